The fourth-order valence-electron chi connectivity index (χ4n) is 3.05. The van der Waals surface area contributed by atoms with Gasteiger partial charge in [-0.1, -0.05) is 20.8 Å². The minimum absolute atomic E-state index is 0.266. The van der Waals surface area contributed by atoms with E-state index in [2.05, 4.69) is 51.8 Å². The molecule has 0 aromatic heterocycles. The van der Waals surface area contributed by atoms with Gasteiger partial charge in [0.05, 0.1) is 0 Å². The van der Waals surface area contributed by atoms with Crippen molar-refractivity contribution in [2.75, 3.05) is 19.6 Å². The fourth-order valence-corrected chi connectivity index (χ4v) is 3.05. The van der Waals surface area contributed by atoms with Crippen LogP contribution in [0.2, 0.25) is 0 Å². The summed E-state index contributed by atoms with van der Waals surface area (Å²) in [5.74, 6) is 1.63. The molecule has 1 saturated heterocycles. The second kappa shape index (κ2) is 6.19. The van der Waals surface area contributed by atoms with Crippen LogP contribution < -0.4 is 5.32 Å². The van der Waals surface area contributed by atoms with E-state index < -0.39 is 0 Å². The highest BCUT2D eigenvalue weighted by Gasteiger charge is 2.28. The van der Waals surface area contributed by atoms with Crippen LogP contribution in [0.3, 0.4) is 0 Å². The Morgan fingerprint density at radius 1 is 1.29 bits per heavy atom. The predicted molar refractivity (Wildman–Crippen MR) is 76.4 cm³/mol. The van der Waals surface area contributed by atoms with Gasteiger partial charge in [-0.2, -0.15) is 0 Å². The second-order valence-corrected chi connectivity index (χ2v) is 7.11. The Balaban J connectivity index is 2.53. The quantitative estimate of drug-likeness (QED) is 0.812. The Morgan fingerprint density at radius 2 is 1.94 bits per heavy atom. The first-order valence-corrected chi connectivity index (χ1v) is 7.29. The molecular weight excluding hydrogens is 208 g/mol. The average Bonchev–Trinajstić information content (AvgIpc) is 2.24. The molecule has 2 nitrogen and oxygen atoms in total. The molecule has 2 atom stereocenters. The molecule has 1 N–H and O–H groups in total. The van der Waals surface area contributed by atoms with Crippen LogP contribution in [0, 0.1) is 11.8 Å². The van der Waals surface area contributed by atoms with Gasteiger partial charge in [-0.15, -0.1) is 0 Å². The van der Waals surface area contributed by atoms with Crippen LogP contribution in [-0.4, -0.2) is 36.1 Å². The minimum Gasteiger partial charge on any atom is -0.310 e. The fraction of sp³-hybridized carbons (Fsp3) is 1.00. The number of hydrogen-bond acceptors (Lipinski definition) is 2. The molecule has 1 aliphatic rings. The molecule has 0 aromatic carbocycles. The third kappa shape index (κ3) is 5.39. The van der Waals surface area contributed by atoms with Gasteiger partial charge in [0.25, 0.3) is 0 Å². The first-order chi connectivity index (χ1) is 7.80. The van der Waals surface area contributed by atoms with Crippen molar-refractivity contribution >= 4 is 0 Å². The molecule has 1 rings (SSSR count). The summed E-state index contributed by atoms with van der Waals surface area (Å²) >= 11 is 0. The maximum atomic E-state index is 3.65. The average molecular weight is 240 g/mol. The normalized spacial score (nSPS) is 28.1. The second-order valence-electron chi connectivity index (χ2n) is 7.11. The molecule has 0 spiro atoms. The van der Waals surface area contributed by atoms with Gasteiger partial charge in [0.15, 0.2) is 0 Å². The molecule has 0 aliphatic carbocycles. The van der Waals surface area contributed by atoms with E-state index in [0.29, 0.717) is 0 Å². The molecule has 0 radical (unpaired) electrons. The van der Waals surface area contributed by atoms with Crippen molar-refractivity contribution in [3.8, 4) is 0 Å². The maximum absolute atomic E-state index is 3.65. The Morgan fingerprint density at radius 3 is 2.53 bits per heavy atom. The lowest BCUT2D eigenvalue weighted by Gasteiger charge is -2.35. The van der Waals surface area contributed by atoms with E-state index in [0.717, 1.165) is 24.4 Å². The van der Waals surface area contributed by atoms with Crippen LogP contribution in [0.4, 0.5) is 0 Å². The van der Waals surface area contributed by atoms with Crippen LogP contribution in [-0.2, 0) is 0 Å². The maximum Gasteiger partial charge on any atom is 0.0252 e. The summed E-state index contributed by atoms with van der Waals surface area (Å²) in [6, 6.07) is 0.721. The summed E-state index contributed by atoms with van der Waals surface area (Å²) in [7, 11) is 0. The van der Waals surface area contributed by atoms with Crippen molar-refractivity contribution < 1.29 is 0 Å². The van der Waals surface area contributed by atoms with E-state index in [9.17, 15) is 0 Å². The smallest absolute Gasteiger partial charge is 0.0252 e. The summed E-state index contributed by atoms with van der Waals surface area (Å²) in [5.41, 5.74) is 0.266. The van der Waals surface area contributed by atoms with Gasteiger partial charge in [0, 0.05) is 24.7 Å². The minimum atomic E-state index is 0.266. The summed E-state index contributed by atoms with van der Waals surface area (Å²) in [6.45, 7) is 17.7. The van der Waals surface area contributed by atoms with Crippen molar-refractivity contribution in [1.82, 2.24) is 10.2 Å². The zero-order valence-corrected chi connectivity index (χ0v) is 12.7. The molecule has 1 heterocycles. The molecule has 17 heavy (non-hydrogen) atoms. The Bertz CT molecular complexity index is 223. The van der Waals surface area contributed by atoms with E-state index in [1.807, 2.05) is 0 Å². The van der Waals surface area contributed by atoms with Gasteiger partial charge in [-0.05, 0) is 52.0 Å². The van der Waals surface area contributed by atoms with Crippen LogP contribution in [0.1, 0.15) is 54.4 Å². The predicted octanol–water partition coefficient (Wildman–Crippen LogP) is 3.13. The van der Waals surface area contributed by atoms with Crippen LogP contribution in [0.25, 0.3) is 0 Å². The van der Waals surface area contributed by atoms with Crippen LogP contribution in [0.15, 0.2) is 0 Å². The number of rotatable bonds is 4. The largest absolute Gasteiger partial charge is 0.310 e. The van der Waals surface area contributed by atoms with Gasteiger partial charge in [-0.3, -0.25) is 4.90 Å². The van der Waals surface area contributed by atoms with E-state index >= 15 is 0 Å². The highest BCUT2D eigenvalue weighted by molar-refractivity contribution is 4.88. The van der Waals surface area contributed by atoms with Crippen molar-refractivity contribution in [2.45, 2.75) is 66.0 Å². The number of nitrogens with zero attached hydrogens (tertiary/aromatic N) is 1. The summed E-state index contributed by atoms with van der Waals surface area (Å²) in [6.07, 6.45) is 2.62. The molecule has 1 aliphatic heterocycles. The highest BCUT2D eigenvalue weighted by atomic mass is 15.2. The standard InChI is InChI=1S/C15H32N2/c1-12(2)9-13(3)10-17-11-15(5,6)16-8-7-14(17)4/h12-14,16H,7-11H2,1-6H3. The van der Waals surface area contributed by atoms with Gasteiger partial charge >= 0.3 is 0 Å². The van der Waals surface area contributed by atoms with Crippen LogP contribution in [0.5, 0.6) is 0 Å². The third-order valence-corrected chi connectivity index (χ3v) is 3.81. The van der Waals surface area contributed by atoms with Gasteiger partial charge < -0.3 is 5.32 Å². The zero-order valence-electron chi connectivity index (χ0n) is 12.7. The molecule has 1 fully saturated rings. The molecule has 0 bridgehead atoms. The van der Waals surface area contributed by atoms with Crippen molar-refractivity contribution in [1.29, 1.82) is 0 Å². The lowest BCUT2D eigenvalue weighted by molar-refractivity contribution is 0.151. The van der Waals surface area contributed by atoms with Crippen molar-refractivity contribution in [3.63, 3.8) is 0 Å². The Hall–Kier alpha value is -0.0800. The SMILES string of the molecule is CC(C)CC(C)CN1CC(C)(C)NCCC1C. The van der Waals surface area contributed by atoms with E-state index in [-0.39, 0.29) is 5.54 Å². The van der Waals surface area contributed by atoms with E-state index in [4.69, 9.17) is 0 Å². The lowest BCUT2D eigenvalue weighted by Crippen LogP contribution is -2.48. The molecule has 0 saturated carbocycles. The van der Waals surface area contributed by atoms with Gasteiger partial charge in [0.2, 0.25) is 0 Å². The van der Waals surface area contributed by atoms with Gasteiger partial charge in [-0.25, -0.2) is 0 Å². The highest BCUT2D eigenvalue weighted by Crippen LogP contribution is 2.19. The first kappa shape index (κ1) is 15.0. The lowest BCUT2D eigenvalue weighted by atomic mass is 9.97. The molecule has 2 unspecified atom stereocenters. The monoisotopic (exact) mass is 240 g/mol. The zero-order chi connectivity index (χ0) is 13.1. The number of hydrogen-bond donors (Lipinski definition) is 1. The molecular formula is C15H32N2. The first-order valence-electron chi connectivity index (χ1n) is 7.29. The Labute approximate surface area is 108 Å². The van der Waals surface area contributed by atoms with E-state index in [1.54, 1.807) is 0 Å². The summed E-state index contributed by atoms with van der Waals surface area (Å²) in [4.78, 5) is 2.69. The molecule has 2 heteroatoms. The van der Waals surface area contributed by atoms with Crippen LogP contribution >= 0.6 is 0 Å². The molecule has 0 amide bonds. The summed E-state index contributed by atoms with van der Waals surface area (Å²) in [5, 5.41) is 3.65. The Kier molecular flexibility index (Phi) is 5.46. The number of nitrogens with one attached hydrogen (secondary N) is 1. The van der Waals surface area contributed by atoms with Gasteiger partial charge in [0.1, 0.15) is 0 Å². The topological polar surface area (TPSA) is 15.3 Å². The van der Waals surface area contributed by atoms with Crippen molar-refractivity contribution in [2.24, 2.45) is 11.8 Å². The third-order valence-electron chi connectivity index (χ3n) is 3.81. The molecule has 0 aromatic rings. The van der Waals surface area contributed by atoms with Crippen molar-refractivity contribution in [3.05, 3.63) is 0 Å². The van der Waals surface area contributed by atoms with E-state index in [1.165, 1.54) is 25.9 Å². The molecule has 102 valence electrons. The summed E-state index contributed by atoms with van der Waals surface area (Å²) < 4.78 is 0.